The smallest absolute Gasteiger partial charge is 0.101 e. The van der Waals surface area contributed by atoms with Gasteiger partial charge in [-0.15, -0.1) is 0 Å². The van der Waals surface area contributed by atoms with E-state index in [4.69, 9.17) is 4.74 Å². The molecule has 1 rings (SSSR count). The van der Waals surface area contributed by atoms with Crippen molar-refractivity contribution in [2.45, 2.75) is 45.3 Å². The van der Waals surface area contributed by atoms with Gasteiger partial charge in [0.15, 0.2) is 0 Å². The van der Waals surface area contributed by atoms with E-state index in [9.17, 15) is 0 Å². The Labute approximate surface area is 73.9 Å². The number of hydrogen-bond acceptors (Lipinski definition) is 2. The van der Waals surface area contributed by atoms with Gasteiger partial charge in [-0.3, -0.25) is 0 Å². The van der Waals surface area contributed by atoms with Gasteiger partial charge in [0.2, 0.25) is 0 Å². The molecule has 0 amide bonds. The van der Waals surface area contributed by atoms with Crippen LogP contribution in [0.2, 0.25) is 0 Å². The summed E-state index contributed by atoms with van der Waals surface area (Å²) in [7, 11) is 0. The first-order valence-corrected chi connectivity index (χ1v) is 5.64. The second kappa shape index (κ2) is 3.81. The van der Waals surface area contributed by atoms with Crippen molar-refractivity contribution < 1.29 is 4.74 Å². The van der Waals surface area contributed by atoms with Crippen molar-refractivity contribution in [1.29, 1.82) is 0 Å². The molecule has 0 aromatic rings. The Hall–Kier alpha value is 0.310. The Morgan fingerprint density at radius 1 is 1.45 bits per heavy atom. The standard InChI is InChI=1S/C9H18OS/c1-4-6-11-7-9(3)8(5-2)10-9/h8H,4-7H2,1-3H3. The van der Waals surface area contributed by atoms with Gasteiger partial charge in [0, 0.05) is 5.75 Å². The monoisotopic (exact) mass is 174 g/mol. The molecule has 0 N–H and O–H groups in total. The molecule has 1 aliphatic heterocycles. The van der Waals surface area contributed by atoms with Gasteiger partial charge >= 0.3 is 0 Å². The molecule has 11 heavy (non-hydrogen) atoms. The van der Waals surface area contributed by atoms with E-state index in [0.717, 1.165) is 0 Å². The van der Waals surface area contributed by atoms with E-state index in [-0.39, 0.29) is 5.60 Å². The second-order valence-electron chi connectivity index (χ2n) is 3.38. The van der Waals surface area contributed by atoms with Crippen molar-refractivity contribution in [3.05, 3.63) is 0 Å². The summed E-state index contributed by atoms with van der Waals surface area (Å²) in [5.41, 5.74) is 0.231. The van der Waals surface area contributed by atoms with E-state index < -0.39 is 0 Å². The summed E-state index contributed by atoms with van der Waals surface area (Å²) in [4.78, 5) is 0. The molecular weight excluding hydrogens is 156 g/mol. The van der Waals surface area contributed by atoms with E-state index >= 15 is 0 Å². The molecule has 0 saturated carbocycles. The van der Waals surface area contributed by atoms with Crippen molar-refractivity contribution in [3.8, 4) is 0 Å². The molecule has 66 valence electrons. The highest BCUT2D eigenvalue weighted by Gasteiger charge is 2.50. The highest BCUT2D eigenvalue weighted by Crippen LogP contribution is 2.40. The maximum Gasteiger partial charge on any atom is 0.101 e. The molecule has 2 atom stereocenters. The molecule has 0 aromatic heterocycles. The Morgan fingerprint density at radius 3 is 2.64 bits per heavy atom. The summed E-state index contributed by atoms with van der Waals surface area (Å²) in [6.45, 7) is 6.64. The van der Waals surface area contributed by atoms with Crippen LogP contribution in [-0.4, -0.2) is 23.2 Å². The van der Waals surface area contributed by atoms with Crippen molar-refractivity contribution >= 4 is 11.8 Å². The van der Waals surface area contributed by atoms with Crippen LogP contribution in [0.25, 0.3) is 0 Å². The lowest BCUT2D eigenvalue weighted by Gasteiger charge is -2.03. The zero-order chi connectivity index (χ0) is 8.32. The predicted octanol–water partition coefficient (Wildman–Crippen LogP) is 2.70. The van der Waals surface area contributed by atoms with Gasteiger partial charge in [-0.25, -0.2) is 0 Å². The number of ether oxygens (including phenoxy) is 1. The van der Waals surface area contributed by atoms with Gasteiger partial charge in [-0.2, -0.15) is 11.8 Å². The van der Waals surface area contributed by atoms with Crippen LogP contribution in [0.5, 0.6) is 0 Å². The highest BCUT2D eigenvalue weighted by molar-refractivity contribution is 7.99. The fourth-order valence-corrected chi connectivity index (χ4v) is 2.44. The summed E-state index contributed by atoms with van der Waals surface area (Å²) in [5.74, 6) is 2.45. The van der Waals surface area contributed by atoms with E-state index in [1.165, 1.54) is 24.3 Å². The number of rotatable bonds is 5. The van der Waals surface area contributed by atoms with Gasteiger partial charge in [-0.1, -0.05) is 13.8 Å². The van der Waals surface area contributed by atoms with E-state index in [2.05, 4.69) is 20.8 Å². The molecule has 0 radical (unpaired) electrons. The van der Waals surface area contributed by atoms with Crippen LogP contribution in [-0.2, 0) is 4.74 Å². The SMILES string of the molecule is CCCSCC1(C)OC1CC. The second-order valence-corrected chi connectivity index (χ2v) is 4.49. The van der Waals surface area contributed by atoms with Crippen LogP contribution >= 0.6 is 11.8 Å². The minimum Gasteiger partial charge on any atom is -0.365 e. The van der Waals surface area contributed by atoms with E-state index in [0.29, 0.717) is 6.10 Å². The summed E-state index contributed by atoms with van der Waals surface area (Å²) < 4.78 is 5.58. The largest absolute Gasteiger partial charge is 0.365 e. The first kappa shape index (κ1) is 9.40. The Balaban J connectivity index is 2.08. The average Bonchev–Trinajstić information content (AvgIpc) is 2.63. The molecule has 1 aliphatic rings. The maximum atomic E-state index is 5.58. The van der Waals surface area contributed by atoms with Crippen molar-refractivity contribution in [3.63, 3.8) is 0 Å². The molecule has 0 bridgehead atoms. The zero-order valence-electron chi connectivity index (χ0n) is 7.72. The van der Waals surface area contributed by atoms with Gasteiger partial charge in [0.25, 0.3) is 0 Å². The van der Waals surface area contributed by atoms with Crippen molar-refractivity contribution in [2.75, 3.05) is 11.5 Å². The van der Waals surface area contributed by atoms with E-state index in [1.54, 1.807) is 0 Å². The normalized spacial score (nSPS) is 35.7. The van der Waals surface area contributed by atoms with Crippen LogP contribution in [0, 0.1) is 0 Å². The molecule has 2 unspecified atom stereocenters. The molecule has 2 heteroatoms. The topological polar surface area (TPSA) is 12.5 Å². The number of epoxide rings is 1. The molecular formula is C9H18OS. The summed E-state index contributed by atoms with van der Waals surface area (Å²) in [5, 5.41) is 0. The molecule has 1 saturated heterocycles. The minimum atomic E-state index is 0.231. The van der Waals surface area contributed by atoms with E-state index in [1.807, 2.05) is 11.8 Å². The summed E-state index contributed by atoms with van der Waals surface area (Å²) in [6, 6.07) is 0. The third kappa shape index (κ3) is 2.38. The molecule has 0 aliphatic carbocycles. The van der Waals surface area contributed by atoms with Crippen LogP contribution in [0.4, 0.5) is 0 Å². The third-order valence-electron chi connectivity index (χ3n) is 2.14. The number of thioether (sulfide) groups is 1. The fraction of sp³-hybridized carbons (Fsp3) is 1.00. The molecule has 0 spiro atoms. The fourth-order valence-electron chi connectivity index (χ4n) is 1.35. The first-order chi connectivity index (χ1) is 5.23. The van der Waals surface area contributed by atoms with Gasteiger partial charge in [0.1, 0.15) is 5.60 Å². The van der Waals surface area contributed by atoms with Gasteiger partial charge < -0.3 is 4.74 Å². The Bertz CT molecular complexity index is 127. The van der Waals surface area contributed by atoms with Gasteiger partial charge in [0.05, 0.1) is 6.10 Å². The third-order valence-corrected chi connectivity index (χ3v) is 3.62. The van der Waals surface area contributed by atoms with Crippen molar-refractivity contribution in [1.82, 2.24) is 0 Å². The van der Waals surface area contributed by atoms with Crippen molar-refractivity contribution in [2.24, 2.45) is 0 Å². The quantitative estimate of drug-likeness (QED) is 0.469. The lowest BCUT2D eigenvalue weighted by Crippen LogP contribution is -2.12. The molecule has 1 nitrogen and oxygen atoms in total. The minimum absolute atomic E-state index is 0.231. The average molecular weight is 174 g/mol. The highest BCUT2D eigenvalue weighted by atomic mass is 32.2. The lowest BCUT2D eigenvalue weighted by atomic mass is 10.1. The lowest BCUT2D eigenvalue weighted by molar-refractivity contribution is 0.325. The summed E-state index contributed by atoms with van der Waals surface area (Å²) in [6.07, 6.45) is 2.99. The number of hydrogen-bond donors (Lipinski definition) is 0. The van der Waals surface area contributed by atoms with Crippen LogP contribution in [0.1, 0.15) is 33.6 Å². The first-order valence-electron chi connectivity index (χ1n) is 4.48. The summed E-state index contributed by atoms with van der Waals surface area (Å²) >= 11 is 2.02. The maximum absolute atomic E-state index is 5.58. The Kier molecular flexibility index (Phi) is 3.26. The zero-order valence-corrected chi connectivity index (χ0v) is 8.54. The van der Waals surface area contributed by atoms with Crippen LogP contribution < -0.4 is 0 Å². The molecule has 1 fully saturated rings. The van der Waals surface area contributed by atoms with Gasteiger partial charge in [-0.05, 0) is 25.5 Å². The predicted molar refractivity (Wildman–Crippen MR) is 51.2 cm³/mol. The van der Waals surface area contributed by atoms with Crippen LogP contribution in [0.15, 0.2) is 0 Å². The molecule has 1 heterocycles. The van der Waals surface area contributed by atoms with Crippen LogP contribution in [0.3, 0.4) is 0 Å². The Morgan fingerprint density at radius 2 is 2.18 bits per heavy atom. The molecule has 0 aromatic carbocycles.